The highest BCUT2D eigenvalue weighted by Crippen LogP contribution is 2.10. The summed E-state index contributed by atoms with van der Waals surface area (Å²) in [7, 11) is 0. The monoisotopic (exact) mass is 174 g/mol. The van der Waals surface area contributed by atoms with E-state index in [2.05, 4.69) is 10.6 Å². The SMILES string of the molecule is O=C(NCCF)C1CCNCC1. The number of hydrogen-bond acceptors (Lipinski definition) is 2. The van der Waals surface area contributed by atoms with Gasteiger partial charge in [-0.25, -0.2) is 4.39 Å². The molecule has 0 aromatic heterocycles. The Labute approximate surface area is 71.7 Å². The first-order valence-electron chi connectivity index (χ1n) is 4.39. The van der Waals surface area contributed by atoms with E-state index in [-0.39, 0.29) is 18.4 Å². The summed E-state index contributed by atoms with van der Waals surface area (Å²) in [5.41, 5.74) is 0. The van der Waals surface area contributed by atoms with Crippen molar-refractivity contribution in [3.05, 3.63) is 0 Å². The number of halogens is 1. The Balaban J connectivity index is 2.20. The van der Waals surface area contributed by atoms with Crippen molar-refractivity contribution in [1.29, 1.82) is 0 Å². The Morgan fingerprint density at radius 1 is 1.50 bits per heavy atom. The molecule has 1 aliphatic rings. The molecule has 0 radical (unpaired) electrons. The highest BCUT2D eigenvalue weighted by Gasteiger charge is 2.19. The second-order valence-electron chi connectivity index (χ2n) is 3.00. The lowest BCUT2D eigenvalue weighted by molar-refractivity contribution is -0.125. The van der Waals surface area contributed by atoms with Crippen LogP contribution in [0.5, 0.6) is 0 Å². The fourth-order valence-corrected chi connectivity index (χ4v) is 1.40. The number of rotatable bonds is 3. The maximum Gasteiger partial charge on any atom is 0.223 e. The van der Waals surface area contributed by atoms with Gasteiger partial charge in [0.05, 0.1) is 0 Å². The molecule has 0 aromatic rings. The van der Waals surface area contributed by atoms with E-state index in [1.165, 1.54) is 0 Å². The van der Waals surface area contributed by atoms with E-state index in [4.69, 9.17) is 0 Å². The van der Waals surface area contributed by atoms with Crippen molar-refractivity contribution in [2.24, 2.45) is 5.92 Å². The number of alkyl halides is 1. The van der Waals surface area contributed by atoms with Crippen LogP contribution in [0.3, 0.4) is 0 Å². The van der Waals surface area contributed by atoms with Gasteiger partial charge in [-0.2, -0.15) is 0 Å². The number of amides is 1. The molecule has 1 rings (SSSR count). The summed E-state index contributed by atoms with van der Waals surface area (Å²) in [4.78, 5) is 11.3. The lowest BCUT2D eigenvalue weighted by atomic mass is 9.97. The quantitative estimate of drug-likeness (QED) is 0.636. The van der Waals surface area contributed by atoms with Gasteiger partial charge in [0.1, 0.15) is 6.67 Å². The molecule has 0 saturated carbocycles. The number of piperidine rings is 1. The van der Waals surface area contributed by atoms with Crippen molar-refractivity contribution in [2.75, 3.05) is 26.3 Å². The lowest BCUT2D eigenvalue weighted by Gasteiger charge is -2.21. The average Bonchev–Trinajstić information content (AvgIpc) is 2.15. The molecule has 0 aliphatic carbocycles. The Kier molecular flexibility index (Phi) is 4.00. The van der Waals surface area contributed by atoms with Crippen molar-refractivity contribution in [3.8, 4) is 0 Å². The van der Waals surface area contributed by atoms with Crippen LogP contribution in [0, 0.1) is 5.92 Å². The van der Waals surface area contributed by atoms with Crippen LogP contribution >= 0.6 is 0 Å². The highest BCUT2D eigenvalue weighted by molar-refractivity contribution is 5.78. The molecule has 1 saturated heterocycles. The minimum Gasteiger partial charge on any atom is -0.353 e. The summed E-state index contributed by atoms with van der Waals surface area (Å²) >= 11 is 0. The summed E-state index contributed by atoms with van der Waals surface area (Å²) in [5, 5.41) is 5.73. The lowest BCUT2D eigenvalue weighted by Crippen LogP contribution is -2.38. The molecule has 0 aromatic carbocycles. The highest BCUT2D eigenvalue weighted by atomic mass is 19.1. The van der Waals surface area contributed by atoms with E-state index in [1.54, 1.807) is 0 Å². The molecule has 1 amide bonds. The van der Waals surface area contributed by atoms with Gasteiger partial charge in [-0.1, -0.05) is 0 Å². The second kappa shape index (κ2) is 5.09. The van der Waals surface area contributed by atoms with Gasteiger partial charge in [0.15, 0.2) is 0 Å². The van der Waals surface area contributed by atoms with Crippen LogP contribution < -0.4 is 10.6 Å². The van der Waals surface area contributed by atoms with E-state index in [0.717, 1.165) is 25.9 Å². The van der Waals surface area contributed by atoms with Crippen molar-refractivity contribution < 1.29 is 9.18 Å². The maximum atomic E-state index is 11.7. The fourth-order valence-electron chi connectivity index (χ4n) is 1.40. The van der Waals surface area contributed by atoms with Crippen LogP contribution in [0.4, 0.5) is 4.39 Å². The zero-order chi connectivity index (χ0) is 8.81. The molecule has 1 fully saturated rings. The van der Waals surface area contributed by atoms with E-state index in [9.17, 15) is 9.18 Å². The number of carbonyl (C=O) groups excluding carboxylic acids is 1. The first-order chi connectivity index (χ1) is 5.84. The molecular weight excluding hydrogens is 159 g/mol. The molecule has 0 atom stereocenters. The molecule has 0 spiro atoms. The third-order valence-corrected chi connectivity index (χ3v) is 2.10. The molecule has 1 aliphatic heterocycles. The predicted molar refractivity (Wildman–Crippen MR) is 44.6 cm³/mol. The largest absolute Gasteiger partial charge is 0.353 e. The van der Waals surface area contributed by atoms with E-state index in [1.807, 2.05) is 0 Å². The number of nitrogens with one attached hydrogen (secondary N) is 2. The second-order valence-corrected chi connectivity index (χ2v) is 3.00. The van der Waals surface area contributed by atoms with Gasteiger partial charge >= 0.3 is 0 Å². The normalized spacial score (nSPS) is 19.1. The maximum absolute atomic E-state index is 11.7. The van der Waals surface area contributed by atoms with Crippen molar-refractivity contribution >= 4 is 5.91 Å². The van der Waals surface area contributed by atoms with Gasteiger partial charge in [0.2, 0.25) is 5.91 Å². The van der Waals surface area contributed by atoms with Gasteiger partial charge in [-0.15, -0.1) is 0 Å². The van der Waals surface area contributed by atoms with Gasteiger partial charge in [-0.3, -0.25) is 4.79 Å². The van der Waals surface area contributed by atoms with Crippen LogP contribution in [0.25, 0.3) is 0 Å². The molecular formula is C8H15FN2O. The molecule has 12 heavy (non-hydrogen) atoms. The summed E-state index contributed by atoms with van der Waals surface area (Å²) in [6, 6.07) is 0. The molecule has 2 N–H and O–H groups in total. The number of hydrogen-bond donors (Lipinski definition) is 2. The van der Waals surface area contributed by atoms with Crippen LogP contribution in [0.1, 0.15) is 12.8 Å². The predicted octanol–water partition coefficient (Wildman–Crippen LogP) is 0.0717. The average molecular weight is 174 g/mol. The summed E-state index contributed by atoms with van der Waals surface area (Å²) in [5.74, 6) is 0.104. The fraction of sp³-hybridized carbons (Fsp3) is 0.875. The van der Waals surface area contributed by atoms with Gasteiger partial charge in [-0.05, 0) is 25.9 Å². The molecule has 0 bridgehead atoms. The zero-order valence-corrected chi connectivity index (χ0v) is 7.11. The van der Waals surface area contributed by atoms with Crippen molar-refractivity contribution in [2.45, 2.75) is 12.8 Å². The number of carbonyl (C=O) groups is 1. The first kappa shape index (κ1) is 9.45. The van der Waals surface area contributed by atoms with Crippen LogP contribution in [-0.2, 0) is 4.79 Å². The minimum atomic E-state index is -0.475. The van der Waals surface area contributed by atoms with Crippen LogP contribution in [0.15, 0.2) is 0 Å². The molecule has 1 heterocycles. The topological polar surface area (TPSA) is 41.1 Å². The van der Waals surface area contributed by atoms with Gasteiger partial charge < -0.3 is 10.6 Å². The smallest absolute Gasteiger partial charge is 0.223 e. The third kappa shape index (κ3) is 2.77. The van der Waals surface area contributed by atoms with Crippen LogP contribution in [-0.4, -0.2) is 32.2 Å². The Morgan fingerprint density at radius 2 is 2.17 bits per heavy atom. The van der Waals surface area contributed by atoms with Gasteiger partial charge in [0, 0.05) is 12.5 Å². The van der Waals surface area contributed by atoms with Crippen LogP contribution in [0.2, 0.25) is 0 Å². The third-order valence-electron chi connectivity index (χ3n) is 2.10. The summed E-state index contributed by atoms with van der Waals surface area (Å²) < 4.78 is 11.7. The molecule has 3 nitrogen and oxygen atoms in total. The Hall–Kier alpha value is -0.640. The molecule has 4 heteroatoms. The summed E-state index contributed by atoms with van der Waals surface area (Å²) in [6.07, 6.45) is 1.75. The molecule has 70 valence electrons. The zero-order valence-electron chi connectivity index (χ0n) is 7.11. The van der Waals surface area contributed by atoms with E-state index >= 15 is 0 Å². The summed E-state index contributed by atoms with van der Waals surface area (Å²) in [6.45, 7) is 1.47. The Bertz CT molecular complexity index is 146. The minimum absolute atomic E-state index is 0.00847. The van der Waals surface area contributed by atoms with E-state index < -0.39 is 6.67 Å². The standard InChI is InChI=1S/C8H15FN2O/c9-3-6-11-8(12)7-1-4-10-5-2-7/h7,10H,1-6H2,(H,11,12). The molecule has 0 unspecified atom stereocenters. The van der Waals surface area contributed by atoms with Crippen molar-refractivity contribution in [3.63, 3.8) is 0 Å². The van der Waals surface area contributed by atoms with Crippen molar-refractivity contribution in [1.82, 2.24) is 10.6 Å². The van der Waals surface area contributed by atoms with E-state index in [0.29, 0.717) is 0 Å². The first-order valence-corrected chi connectivity index (χ1v) is 4.39. The van der Waals surface area contributed by atoms with Gasteiger partial charge in [0.25, 0.3) is 0 Å². The Morgan fingerprint density at radius 3 is 2.75 bits per heavy atom.